The number of hydrogen-bond donors (Lipinski definition) is 1. The molecule has 2 aromatic heterocycles. The second-order valence-electron chi connectivity index (χ2n) is 5.59. The van der Waals surface area contributed by atoms with Crippen LogP contribution >= 0.6 is 23.2 Å². The summed E-state index contributed by atoms with van der Waals surface area (Å²) in [5.41, 5.74) is 2.18. The van der Waals surface area contributed by atoms with E-state index in [0.29, 0.717) is 29.0 Å². The van der Waals surface area contributed by atoms with Crippen molar-refractivity contribution in [2.75, 3.05) is 5.32 Å². The zero-order valence-electron chi connectivity index (χ0n) is 13.8. The Morgan fingerprint density at radius 3 is 2.56 bits per heavy atom. The van der Waals surface area contributed by atoms with E-state index >= 15 is 0 Å². The maximum Gasteiger partial charge on any atom is 0.278 e. The van der Waals surface area contributed by atoms with Crippen molar-refractivity contribution in [1.82, 2.24) is 19.6 Å². The number of rotatable bonds is 5. The third-order valence-electron chi connectivity index (χ3n) is 3.72. The molecule has 0 aliphatic heterocycles. The summed E-state index contributed by atoms with van der Waals surface area (Å²) in [6.07, 6.45) is 1.63. The Hall–Kier alpha value is -2.31. The zero-order chi connectivity index (χ0) is 18.0. The molecule has 0 atom stereocenters. The first kappa shape index (κ1) is 17.5. The molecule has 25 heavy (non-hydrogen) atoms. The van der Waals surface area contributed by atoms with Gasteiger partial charge >= 0.3 is 0 Å². The van der Waals surface area contributed by atoms with Crippen LogP contribution in [0, 0.1) is 6.92 Å². The van der Waals surface area contributed by atoms with E-state index in [1.54, 1.807) is 16.9 Å². The lowest BCUT2D eigenvalue weighted by molar-refractivity contribution is 0.102. The van der Waals surface area contributed by atoms with Gasteiger partial charge in [0.15, 0.2) is 11.5 Å². The van der Waals surface area contributed by atoms with Gasteiger partial charge in [-0.1, -0.05) is 35.3 Å². The van der Waals surface area contributed by atoms with Crippen molar-refractivity contribution < 1.29 is 4.79 Å². The Balaban J connectivity index is 1.74. The van der Waals surface area contributed by atoms with Crippen LogP contribution in [0.1, 0.15) is 28.7 Å². The summed E-state index contributed by atoms with van der Waals surface area (Å²) in [6.45, 7) is 5.08. The van der Waals surface area contributed by atoms with Gasteiger partial charge in [-0.25, -0.2) is 0 Å². The van der Waals surface area contributed by atoms with Crippen molar-refractivity contribution in [2.24, 2.45) is 0 Å². The fourth-order valence-corrected chi connectivity index (χ4v) is 2.74. The van der Waals surface area contributed by atoms with Crippen molar-refractivity contribution in [1.29, 1.82) is 0 Å². The van der Waals surface area contributed by atoms with Gasteiger partial charge in [-0.3, -0.25) is 14.2 Å². The zero-order valence-corrected chi connectivity index (χ0v) is 15.3. The van der Waals surface area contributed by atoms with Crippen LogP contribution in [-0.4, -0.2) is 25.5 Å². The topological polar surface area (TPSA) is 64.7 Å². The van der Waals surface area contributed by atoms with Crippen molar-refractivity contribution >= 4 is 34.9 Å². The number of benzene rings is 1. The predicted molar refractivity (Wildman–Crippen MR) is 98.4 cm³/mol. The Morgan fingerprint density at radius 2 is 1.92 bits per heavy atom. The van der Waals surface area contributed by atoms with Gasteiger partial charge in [0.1, 0.15) is 0 Å². The molecule has 1 aromatic carbocycles. The maximum absolute atomic E-state index is 12.3. The number of nitrogens with zero attached hydrogens (tertiary/aromatic N) is 4. The molecule has 0 fully saturated rings. The van der Waals surface area contributed by atoms with E-state index in [1.165, 1.54) is 0 Å². The lowest BCUT2D eigenvalue weighted by Crippen LogP contribution is -2.14. The number of halogens is 2. The van der Waals surface area contributed by atoms with Gasteiger partial charge in [0, 0.05) is 29.5 Å². The van der Waals surface area contributed by atoms with E-state index in [-0.39, 0.29) is 11.6 Å². The van der Waals surface area contributed by atoms with Gasteiger partial charge in [0.05, 0.1) is 11.6 Å². The van der Waals surface area contributed by atoms with E-state index in [1.807, 2.05) is 42.8 Å². The van der Waals surface area contributed by atoms with Crippen LogP contribution in [0.25, 0.3) is 0 Å². The number of nitrogens with one attached hydrogen (secondary N) is 1. The number of carbonyl (C=O) groups excluding carboxylic acids is 1. The van der Waals surface area contributed by atoms with Gasteiger partial charge in [-0.05, 0) is 31.5 Å². The smallest absolute Gasteiger partial charge is 0.278 e. The van der Waals surface area contributed by atoms with Crippen LogP contribution in [0.2, 0.25) is 10.0 Å². The summed E-state index contributed by atoms with van der Waals surface area (Å²) >= 11 is 12.0. The van der Waals surface area contributed by atoms with Gasteiger partial charge in [0.2, 0.25) is 0 Å². The molecule has 6 nitrogen and oxygen atoms in total. The van der Waals surface area contributed by atoms with Gasteiger partial charge < -0.3 is 5.32 Å². The highest BCUT2D eigenvalue weighted by molar-refractivity contribution is 6.34. The molecule has 8 heteroatoms. The van der Waals surface area contributed by atoms with Crippen molar-refractivity contribution in [3.63, 3.8) is 0 Å². The molecular weight excluding hydrogens is 361 g/mol. The van der Waals surface area contributed by atoms with Crippen LogP contribution in [0.15, 0.2) is 36.5 Å². The minimum atomic E-state index is -0.381. The van der Waals surface area contributed by atoms with E-state index in [9.17, 15) is 4.79 Å². The fraction of sp³-hybridized carbons (Fsp3) is 0.235. The number of anilines is 1. The highest BCUT2D eigenvalue weighted by Gasteiger charge is 2.17. The average Bonchev–Trinajstić information content (AvgIpc) is 3.12. The molecule has 3 rings (SSSR count). The molecule has 0 unspecified atom stereocenters. The van der Waals surface area contributed by atoms with Crippen LogP contribution in [0.4, 0.5) is 5.82 Å². The molecule has 0 aliphatic rings. The van der Waals surface area contributed by atoms with E-state index in [2.05, 4.69) is 15.5 Å². The first-order valence-corrected chi connectivity index (χ1v) is 8.55. The molecule has 0 spiro atoms. The Morgan fingerprint density at radius 1 is 1.20 bits per heavy atom. The average molecular weight is 378 g/mol. The van der Waals surface area contributed by atoms with Crippen molar-refractivity contribution in [3.8, 4) is 0 Å². The van der Waals surface area contributed by atoms with Crippen LogP contribution in [0.3, 0.4) is 0 Å². The molecule has 0 aliphatic carbocycles. The number of carbonyl (C=O) groups is 1. The molecule has 0 saturated heterocycles. The standard InChI is InChI=1S/C17H17Cl2N5O/c1-3-23-10-14(19)16(22-23)17(25)20-15-8-11(2)24(21-15)9-12-4-6-13(18)7-5-12/h4-8,10H,3,9H2,1-2H3,(H,20,21,25). The van der Waals surface area contributed by atoms with E-state index in [4.69, 9.17) is 23.2 Å². The van der Waals surface area contributed by atoms with E-state index in [0.717, 1.165) is 11.3 Å². The summed E-state index contributed by atoms with van der Waals surface area (Å²) in [7, 11) is 0. The second kappa shape index (κ2) is 7.29. The molecule has 0 bridgehead atoms. The normalized spacial score (nSPS) is 10.9. The summed E-state index contributed by atoms with van der Waals surface area (Å²) in [5.74, 6) is 0.0759. The first-order valence-electron chi connectivity index (χ1n) is 7.79. The number of hydrogen-bond acceptors (Lipinski definition) is 3. The number of aryl methyl sites for hydroxylation is 2. The first-order chi connectivity index (χ1) is 12.0. The van der Waals surface area contributed by atoms with Gasteiger partial charge in [-0.15, -0.1) is 0 Å². The highest BCUT2D eigenvalue weighted by atomic mass is 35.5. The van der Waals surface area contributed by atoms with E-state index < -0.39 is 0 Å². The summed E-state index contributed by atoms with van der Waals surface area (Å²) in [5, 5.41) is 12.3. The lowest BCUT2D eigenvalue weighted by Gasteiger charge is -2.04. The SMILES string of the molecule is CCn1cc(Cl)c(C(=O)Nc2cc(C)n(Cc3ccc(Cl)cc3)n2)n1. The summed E-state index contributed by atoms with van der Waals surface area (Å²) in [4.78, 5) is 12.3. The Bertz CT molecular complexity index is 898. The fourth-order valence-electron chi connectivity index (χ4n) is 2.38. The number of amides is 1. The molecule has 3 aromatic rings. The van der Waals surface area contributed by atoms with Crippen LogP contribution < -0.4 is 5.32 Å². The number of aromatic nitrogens is 4. The Kier molecular flexibility index (Phi) is 5.11. The molecule has 1 amide bonds. The molecule has 130 valence electrons. The second-order valence-corrected chi connectivity index (χ2v) is 6.43. The van der Waals surface area contributed by atoms with Crippen LogP contribution in [0.5, 0.6) is 0 Å². The minimum absolute atomic E-state index is 0.188. The van der Waals surface area contributed by atoms with Crippen molar-refractivity contribution in [3.05, 3.63) is 63.5 Å². The lowest BCUT2D eigenvalue weighted by atomic mass is 10.2. The summed E-state index contributed by atoms with van der Waals surface area (Å²) < 4.78 is 3.42. The largest absolute Gasteiger partial charge is 0.304 e. The van der Waals surface area contributed by atoms with Gasteiger partial charge in [-0.2, -0.15) is 10.2 Å². The Labute approximate surface area is 155 Å². The molecule has 1 N–H and O–H groups in total. The highest BCUT2D eigenvalue weighted by Crippen LogP contribution is 2.17. The van der Waals surface area contributed by atoms with Gasteiger partial charge in [0.25, 0.3) is 5.91 Å². The maximum atomic E-state index is 12.3. The van der Waals surface area contributed by atoms with Crippen LogP contribution in [-0.2, 0) is 13.1 Å². The monoisotopic (exact) mass is 377 g/mol. The molecular formula is C17H17Cl2N5O. The summed E-state index contributed by atoms with van der Waals surface area (Å²) in [6, 6.07) is 9.37. The minimum Gasteiger partial charge on any atom is -0.304 e. The van der Waals surface area contributed by atoms with Crippen molar-refractivity contribution in [2.45, 2.75) is 26.9 Å². The third-order valence-corrected chi connectivity index (χ3v) is 4.25. The third kappa shape index (κ3) is 4.03. The molecule has 2 heterocycles. The molecule has 0 saturated carbocycles. The predicted octanol–water partition coefficient (Wildman–Crippen LogP) is 4.02. The quantitative estimate of drug-likeness (QED) is 0.730. The molecule has 0 radical (unpaired) electrons.